The Morgan fingerprint density at radius 1 is 1.48 bits per heavy atom. The Kier molecular flexibility index (Phi) is 4.39. The summed E-state index contributed by atoms with van der Waals surface area (Å²) in [5, 5.41) is 8.97. The molecule has 0 saturated carbocycles. The average molecular weight is 351 g/mol. The Balaban J connectivity index is 1.68. The number of hydrogen-bond donors (Lipinski definition) is 1. The molecule has 8 heteroatoms. The zero-order valence-electron chi connectivity index (χ0n) is 12.2. The first-order valence-corrected chi connectivity index (χ1v) is 9.05. The Labute approximate surface area is 139 Å². The van der Waals surface area contributed by atoms with Crippen molar-refractivity contribution in [3.63, 3.8) is 0 Å². The molecule has 0 amide bonds. The smallest absolute Gasteiger partial charge is 0.240 e. The molecule has 0 aliphatic carbocycles. The number of hydrogen-bond acceptors (Lipinski definition) is 4. The maximum atomic E-state index is 12.3. The highest BCUT2D eigenvalue weighted by Gasteiger charge is 2.22. The number of rotatable bonds is 4. The summed E-state index contributed by atoms with van der Waals surface area (Å²) in [6, 6.07) is 6.01. The normalized spacial score (nSPS) is 17.5. The third kappa shape index (κ3) is 3.39. The Hall–Kier alpha value is -1.88. The molecule has 6 nitrogen and oxygen atoms in total. The summed E-state index contributed by atoms with van der Waals surface area (Å²) in [6.45, 7) is 1.21. The minimum atomic E-state index is -3.64. The van der Waals surface area contributed by atoms with Crippen molar-refractivity contribution in [3.8, 4) is 6.07 Å². The van der Waals surface area contributed by atoms with Crippen LogP contribution in [0.15, 0.2) is 35.5 Å². The molecule has 0 radical (unpaired) electrons. The Bertz CT molecular complexity index is 870. The fourth-order valence-corrected chi connectivity index (χ4v) is 4.08. The number of imidazole rings is 1. The molecule has 3 rings (SSSR count). The van der Waals surface area contributed by atoms with Crippen LogP contribution >= 0.6 is 11.6 Å². The molecular weight excluding hydrogens is 336 g/mol. The number of nitriles is 1. The molecule has 0 fully saturated rings. The zero-order valence-corrected chi connectivity index (χ0v) is 13.8. The lowest BCUT2D eigenvalue weighted by molar-refractivity contribution is 0.379. The van der Waals surface area contributed by atoms with Gasteiger partial charge >= 0.3 is 0 Å². The van der Waals surface area contributed by atoms with Crippen molar-refractivity contribution in [2.24, 2.45) is 5.92 Å². The first-order chi connectivity index (χ1) is 11.0. The predicted octanol–water partition coefficient (Wildman–Crippen LogP) is 1.95. The number of benzene rings is 1. The number of aromatic nitrogens is 2. The first kappa shape index (κ1) is 16.0. The van der Waals surface area contributed by atoms with E-state index in [-0.39, 0.29) is 21.4 Å². The third-order valence-electron chi connectivity index (χ3n) is 3.98. The number of fused-ring (bicyclic) bond motifs is 1. The van der Waals surface area contributed by atoms with Crippen molar-refractivity contribution in [1.82, 2.24) is 14.3 Å². The van der Waals surface area contributed by atoms with Gasteiger partial charge in [0.05, 0.1) is 15.5 Å². The lowest BCUT2D eigenvalue weighted by Gasteiger charge is -2.23. The van der Waals surface area contributed by atoms with Gasteiger partial charge in [0.25, 0.3) is 0 Å². The van der Waals surface area contributed by atoms with Gasteiger partial charge in [0.2, 0.25) is 10.0 Å². The standard InChI is InChI=1S/C15H15ClN4O2S/c16-14-8-13(2-1-12(14)9-17)23(21,22)19-10-11-3-5-20-6-4-18-15(20)7-11/h1-2,4,6,8,11,19H,3,5,7,10H2/t11-/m1/s1. The molecule has 1 atom stereocenters. The van der Waals surface area contributed by atoms with Crippen molar-refractivity contribution in [3.05, 3.63) is 47.0 Å². The van der Waals surface area contributed by atoms with Gasteiger partial charge in [-0.3, -0.25) is 0 Å². The van der Waals surface area contributed by atoms with Gasteiger partial charge in [0.15, 0.2) is 0 Å². The summed E-state index contributed by atoms with van der Waals surface area (Å²) in [5.74, 6) is 1.20. The van der Waals surface area contributed by atoms with Crippen LogP contribution in [0.2, 0.25) is 5.02 Å². The van der Waals surface area contributed by atoms with Gasteiger partial charge in [-0.2, -0.15) is 5.26 Å². The van der Waals surface area contributed by atoms with E-state index in [2.05, 4.69) is 14.3 Å². The number of nitrogens with one attached hydrogen (secondary N) is 1. The van der Waals surface area contributed by atoms with Crippen LogP contribution in [-0.4, -0.2) is 24.5 Å². The van der Waals surface area contributed by atoms with E-state index in [1.54, 1.807) is 6.20 Å². The second kappa shape index (κ2) is 6.32. The van der Waals surface area contributed by atoms with Crippen molar-refractivity contribution >= 4 is 21.6 Å². The number of sulfonamides is 1. The van der Waals surface area contributed by atoms with Crippen molar-refractivity contribution in [1.29, 1.82) is 5.26 Å². The third-order valence-corrected chi connectivity index (χ3v) is 5.72. The molecule has 120 valence electrons. The SMILES string of the molecule is N#Cc1ccc(S(=O)(=O)NC[C@@H]2CCn3ccnc3C2)cc1Cl. The summed E-state index contributed by atoms with van der Waals surface area (Å²) in [7, 11) is -3.64. The summed E-state index contributed by atoms with van der Waals surface area (Å²) in [6.07, 6.45) is 5.36. The van der Waals surface area contributed by atoms with Crippen LogP contribution in [0.5, 0.6) is 0 Å². The molecule has 1 aliphatic heterocycles. The second-order valence-electron chi connectivity index (χ2n) is 5.50. The molecule has 2 aromatic rings. The highest BCUT2D eigenvalue weighted by molar-refractivity contribution is 7.89. The van der Waals surface area contributed by atoms with Gasteiger partial charge < -0.3 is 4.57 Å². The minimum absolute atomic E-state index is 0.0683. The molecule has 23 heavy (non-hydrogen) atoms. The van der Waals surface area contributed by atoms with Gasteiger partial charge in [-0.15, -0.1) is 0 Å². The molecule has 1 aliphatic rings. The molecule has 0 unspecified atom stereocenters. The van der Waals surface area contributed by atoms with E-state index in [4.69, 9.17) is 16.9 Å². The summed E-state index contributed by atoms with van der Waals surface area (Å²) >= 11 is 5.90. The molecule has 1 aromatic heterocycles. The van der Waals surface area contributed by atoms with E-state index < -0.39 is 10.0 Å². The van der Waals surface area contributed by atoms with E-state index in [1.807, 2.05) is 12.3 Å². The van der Waals surface area contributed by atoms with Crippen LogP contribution in [0.25, 0.3) is 0 Å². The van der Waals surface area contributed by atoms with Gasteiger partial charge in [-0.05, 0) is 30.5 Å². The lowest BCUT2D eigenvalue weighted by atomic mass is 9.98. The van der Waals surface area contributed by atoms with Crippen molar-refractivity contribution in [2.45, 2.75) is 24.3 Å². The Morgan fingerprint density at radius 3 is 3.04 bits per heavy atom. The number of aryl methyl sites for hydroxylation is 1. The molecular formula is C15H15ClN4O2S. The predicted molar refractivity (Wildman–Crippen MR) is 85.4 cm³/mol. The van der Waals surface area contributed by atoms with Crippen LogP contribution in [0.3, 0.4) is 0 Å². The topological polar surface area (TPSA) is 87.8 Å². The molecule has 1 N–H and O–H groups in total. The van der Waals surface area contributed by atoms with E-state index in [9.17, 15) is 8.42 Å². The van der Waals surface area contributed by atoms with Gasteiger partial charge in [-0.25, -0.2) is 18.1 Å². The average Bonchev–Trinajstić information content (AvgIpc) is 3.00. The van der Waals surface area contributed by atoms with Crippen molar-refractivity contribution in [2.75, 3.05) is 6.54 Å². The van der Waals surface area contributed by atoms with Gasteiger partial charge in [-0.1, -0.05) is 11.6 Å². The summed E-state index contributed by atoms with van der Waals surface area (Å²) in [5.41, 5.74) is 0.254. The van der Waals surface area contributed by atoms with Crippen LogP contribution < -0.4 is 4.72 Å². The van der Waals surface area contributed by atoms with Gasteiger partial charge in [0.1, 0.15) is 11.9 Å². The highest BCUT2D eigenvalue weighted by atomic mass is 35.5. The molecule has 2 heterocycles. The first-order valence-electron chi connectivity index (χ1n) is 7.19. The van der Waals surface area contributed by atoms with Crippen LogP contribution in [0, 0.1) is 17.2 Å². The van der Waals surface area contributed by atoms with E-state index in [0.29, 0.717) is 6.54 Å². The quantitative estimate of drug-likeness (QED) is 0.912. The molecule has 0 spiro atoms. The fourth-order valence-electron chi connectivity index (χ4n) is 2.65. The number of halogens is 1. The van der Waals surface area contributed by atoms with E-state index >= 15 is 0 Å². The molecule has 1 aromatic carbocycles. The minimum Gasteiger partial charge on any atom is -0.335 e. The summed E-state index contributed by atoms with van der Waals surface area (Å²) < 4.78 is 29.4. The maximum absolute atomic E-state index is 12.3. The van der Waals surface area contributed by atoms with E-state index in [0.717, 1.165) is 25.2 Å². The maximum Gasteiger partial charge on any atom is 0.240 e. The Morgan fingerprint density at radius 2 is 2.30 bits per heavy atom. The van der Waals surface area contributed by atoms with Crippen LogP contribution in [-0.2, 0) is 23.0 Å². The second-order valence-corrected chi connectivity index (χ2v) is 7.68. The highest BCUT2D eigenvalue weighted by Crippen LogP contribution is 2.22. The lowest BCUT2D eigenvalue weighted by Crippen LogP contribution is -2.33. The largest absolute Gasteiger partial charge is 0.335 e. The molecule has 0 bridgehead atoms. The van der Waals surface area contributed by atoms with Crippen LogP contribution in [0.1, 0.15) is 17.8 Å². The zero-order chi connectivity index (χ0) is 16.4. The van der Waals surface area contributed by atoms with Crippen molar-refractivity contribution < 1.29 is 8.42 Å². The van der Waals surface area contributed by atoms with Gasteiger partial charge in [0, 0.05) is 31.9 Å². The van der Waals surface area contributed by atoms with E-state index in [1.165, 1.54) is 18.2 Å². The summed E-state index contributed by atoms with van der Waals surface area (Å²) in [4.78, 5) is 4.35. The monoisotopic (exact) mass is 350 g/mol. The molecule has 0 saturated heterocycles. The number of nitrogens with zero attached hydrogens (tertiary/aromatic N) is 3. The van der Waals surface area contributed by atoms with Crippen LogP contribution in [0.4, 0.5) is 0 Å². The fraction of sp³-hybridized carbons (Fsp3) is 0.333.